The molecule has 1 heterocycles. The summed E-state index contributed by atoms with van der Waals surface area (Å²) in [6.45, 7) is 0. The molecule has 90 valence electrons. The molecule has 2 aromatic rings. The van der Waals surface area contributed by atoms with Crippen molar-refractivity contribution >= 4 is 23.2 Å². The maximum Gasteiger partial charge on any atom is 0.167 e. The maximum atomic E-state index is 13.7. The van der Waals surface area contributed by atoms with Crippen LogP contribution in [0.15, 0.2) is 35.2 Å². The van der Waals surface area contributed by atoms with Gasteiger partial charge in [-0.3, -0.25) is 0 Å². The summed E-state index contributed by atoms with van der Waals surface area (Å²) in [4.78, 5) is 0.938. The highest BCUT2D eigenvalue weighted by atomic mass is 32.2. The van der Waals surface area contributed by atoms with E-state index >= 15 is 0 Å². The predicted octanol–water partition coefficient (Wildman–Crippen LogP) is 2.34. The first-order chi connectivity index (χ1) is 8.66. The number of halogens is 2. The van der Waals surface area contributed by atoms with Crippen molar-refractivity contribution in [1.82, 2.24) is 0 Å². The molecule has 1 N–H and O–H groups in total. The fourth-order valence-electron chi connectivity index (χ4n) is 1.90. The summed E-state index contributed by atoms with van der Waals surface area (Å²) < 4.78 is 27.0. The van der Waals surface area contributed by atoms with Gasteiger partial charge in [-0.05, 0) is 23.1 Å². The fourth-order valence-corrected chi connectivity index (χ4v) is 2.79. The Kier molecular flexibility index (Phi) is 2.59. The topological polar surface area (TPSA) is 20.2 Å². The van der Waals surface area contributed by atoms with Crippen molar-refractivity contribution in [3.05, 3.63) is 58.0 Å². The molecule has 0 spiro atoms. The SMILES string of the molecule is Oc1cc(F)c(F)c2c1=Cc1ccccc1SC=2. The average Bonchev–Trinajstić information content (AvgIpc) is 2.56. The standard InChI is InChI=1S/C14H8F2OS/c15-11-6-12(17)9-5-8-3-1-2-4-13(8)18-7-10(9)14(11)16/h1-7,17H. The molecule has 0 unspecified atom stereocenters. The third-order valence-electron chi connectivity index (χ3n) is 2.80. The molecule has 1 aliphatic rings. The van der Waals surface area contributed by atoms with Crippen molar-refractivity contribution in [2.45, 2.75) is 4.90 Å². The number of aromatic hydroxyl groups is 1. The van der Waals surface area contributed by atoms with Crippen LogP contribution < -0.4 is 10.4 Å². The quantitative estimate of drug-likeness (QED) is 0.786. The molecule has 0 amide bonds. The van der Waals surface area contributed by atoms with E-state index in [9.17, 15) is 13.9 Å². The van der Waals surface area contributed by atoms with Crippen LogP contribution in [0.3, 0.4) is 0 Å². The zero-order valence-corrected chi connectivity index (χ0v) is 9.97. The first-order valence-corrected chi connectivity index (χ1v) is 6.19. The second-order valence-corrected chi connectivity index (χ2v) is 4.85. The largest absolute Gasteiger partial charge is 0.507 e. The lowest BCUT2D eigenvalue weighted by atomic mass is 10.1. The Morgan fingerprint density at radius 1 is 1.06 bits per heavy atom. The predicted molar refractivity (Wildman–Crippen MR) is 67.6 cm³/mol. The number of hydrogen-bond donors (Lipinski definition) is 1. The second kappa shape index (κ2) is 4.14. The Labute approximate surface area is 106 Å². The highest BCUT2D eigenvalue weighted by Crippen LogP contribution is 2.25. The molecular formula is C14H8F2OS. The van der Waals surface area contributed by atoms with Crippen molar-refractivity contribution in [3.8, 4) is 5.75 Å². The molecule has 0 fully saturated rings. The van der Waals surface area contributed by atoms with Gasteiger partial charge in [0.05, 0.1) is 0 Å². The van der Waals surface area contributed by atoms with Crippen LogP contribution in [0.4, 0.5) is 8.78 Å². The van der Waals surface area contributed by atoms with Crippen molar-refractivity contribution in [2.75, 3.05) is 0 Å². The lowest BCUT2D eigenvalue weighted by Crippen LogP contribution is -2.29. The van der Waals surface area contributed by atoms with E-state index in [0.29, 0.717) is 5.22 Å². The van der Waals surface area contributed by atoms with E-state index in [0.717, 1.165) is 16.5 Å². The van der Waals surface area contributed by atoms with Crippen LogP contribution in [0.1, 0.15) is 5.56 Å². The summed E-state index contributed by atoms with van der Waals surface area (Å²) in [7, 11) is 0. The Balaban J connectivity index is 2.44. The van der Waals surface area contributed by atoms with E-state index in [1.165, 1.54) is 17.2 Å². The fraction of sp³-hybridized carbons (Fsp3) is 0. The second-order valence-electron chi connectivity index (χ2n) is 3.94. The lowest BCUT2D eigenvalue weighted by Gasteiger charge is -1.99. The summed E-state index contributed by atoms with van der Waals surface area (Å²) in [6, 6.07) is 8.30. The van der Waals surface area contributed by atoms with E-state index < -0.39 is 11.6 Å². The van der Waals surface area contributed by atoms with Crippen LogP contribution in [-0.2, 0) is 0 Å². The van der Waals surface area contributed by atoms with E-state index in [-0.39, 0.29) is 11.0 Å². The minimum Gasteiger partial charge on any atom is -0.507 e. The third-order valence-corrected chi connectivity index (χ3v) is 3.78. The number of phenols is 1. The van der Waals surface area contributed by atoms with Gasteiger partial charge in [-0.25, -0.2) is 8.78 Å². The normalized spacial score (nSPS) is 12.8. The third kappa shape index (κ3) is 1.69. The van der Waals surface area contributed by atoms with Gasteiger partial charge in [0, 0.05) is 21.4 Å². The van der Waals surface area contributed by atoms with E-state index in [1.54, 1.807) is 6.08 Å². The Hall–Kier alpha value is -1.81. The minimum absolute atomic E-state index is 0.0914. The van der Waals surface area contributed by atoms with Gasteiger partial charge in [0.25, 0.3) is 0 Å². The van der Waals surface area contributed by atoms with Gasteiger partial charge in [0.1, 0.15) is 5.75 Å². The van der Waals surface area contributed by atoms with Gasteiger partial charge < -0.3 is 5.11 Å². The number of benzene rings is 2. The molecule has 2 aromatic carbocycles. The monoisotopic (exact) mass is 262 g/mol. The maximum absolute atomic E-state index is 13.7. The minimum atomic E-state index is -1.04. The number of rotatable bonds is 0. The molecule has 0 aromatic heterocycles. The summed E-state index contributed by atoms with van der Waals surface area (Å²) in [5.41, 5.74) is 0.874. The van der Waals surface area contributed by atoms with Gasteiger partial charge in [-0.2, -0.15) is 0 Å². The molecule has 0 radical (unpaired) electrons. The van der Waals surface area contributed by atoms with Crippen LogP contribution >= 0.6 is 11.8 Å². The Morgan fingerprint density at radius 2 is 1.83 bits per heavy atom. The summed E-state index contributed by atoms with van der Waals surface area (Å²) in [6.07, 6.45) is 1.67. The first kappa shape index (κ1) is 11.3. The van der Waals surface area contributed by atoms with Crippen molar-refractivity contribution < 1.29 is 13.9 Å². The van der Waals surface area contributed by atoms with Gasteiger partial charge in [0.2, 0.25) is 0 Å². The molecule has 0 aliphatic carbocycles. The van der Waals surface area contributed by atoms with Crippen LogP contribution in [0.25, 0.3) is 11.5 Å². The molecule has 4 heteroatoms. The Bertz CT molecular complexity index is 753. The first-order valence-electron chi connectivity index (χ1n) is 5.31. The molecule has 3 rings (SSSR count). The molecule has 18 heavy (non-hydrogen) atoms. The average molecular weight is 262 g/mol. The van der Waals surface area contributed by atoms with Gasteiger partial charge in [0.15, 0.2) is 11.6 Å². The van der Waals surface area contributed by atoms with Gasteiger partial charge in [-0.15, -0.1) is 0 Å². The number of hydrogen-bond acceptors (Lipinski definition) is 2. The highest BCUT2D eigenvalue weighted by Gasteiger charge is 2.12. The van der Waals surface area contributed by atoms with Crippen molar-refractivity contribution in [1.29, 1.82) is 0 Å². The molecule has 1 aliphatic heterocycles. The van der Waals surface area contributed by atoms with E-state index in [1.807, 2.05) is 24.3 Å². The van der Waals surface area contributed by atoms with Crippen molar-refractivity contribution in [2.24, 2.45) is 0 Å². The number of phenolic OH excluding ortho intramolecular Hbond substituents is 1. The molecule has 1 nitrogen and oxygen atoms in total. The van der Waals surface area contributed by atoms with E-state index in [4.69, 9.17) is 0 Å². The highest BCUT2D eigenvalue weighted by molar-refractivity contribution is 8.06. The lowest BCUT2D eigenvalue weighted by molar-refractivity contribution is 0.447. The smallest absolute Gasteiger partial charge is 0.167 e. The molecule has 0 bridgehead atoms. The summed E-state index contributed by atoms with van der Waals surface area (Å²) in [5.74, 6) is -2.22. The van der Waals surface area contributed by atoms with E-state index in [2.05, 4.69) is 0 Å². The van der Waals surface area contributed by atoms with Gasteiger partial charge >= 0.3 is 0 Å². The number of thioether (sulfide) groups is 1. The summed E-state index contributed by atoms with van der Waals surface area (Å²) in [5, 5.41) is 11.7. The molecule has 0 saturated heterocycles. The number of fused-ring (bicyclic) bond motifs is 2. The van der Waals surface area contributed by atoms with Crippen LogP contribution in [0, 0.1) is 11.6 Å². The van der Waals surface area contributed by atoms with Crippen molar-refractivity contribution in [3.63, 3.8) is 0 Å². The molecule has 0 saturated carbocycles. The van der Waals surface area contributed by atoms with Gasteiger partial charge in [-0.1, -0.05) is 30.0 Å². The van der Waals surface area contributed by atoms with Crippen LogP contribution in [0.2, 0.25) is 0 Å². The zero-order valence-electron chi connectivity index (χ0n) is 9.15. The molecular weight excluding hydrogens is 254 g/mol. The van der Waals surface area contributed by atoms with Crippen LogP contribution in [-0.4, -0.2) is 5.11 Å². The Morgan fingerprint density at radius 3 is 2.67 bits per heavy atom. The molecule has 0 atom stereocenters. The summed E-state index contributed by atoms with van der Waals surface area (Å²) >= 11 is 1.31. The zero-order chi connectivity index (χ0) is 12.7. The van der Waals surface area contributed by atoms with Crippen LogP contribution in [0.5, 0.6) is 5.75 Å².